The number of benzene rings is 3. The van der Waals surface area contributed by atoms with E-state index in [0.29, 0.717) is 28.5 Å². The van der Waals surface area contributed by atoms with Crippen molar-refractivity contribution in [3.63, 3.8) is 0 Å². The molecule has 0 bridgehead atoms. The second-order valence-electron chi connectivity index (χ2n) is 7.53. The lowest BCUT2D eigenvalue weighted by Gasteiger charge is -2.13. The van der Waals surface area contributed by atoms with Gasteiger partial charge in [-0.05, 0) is 36.8 Å². The van der Waals surface area contributed by atoms with Crippen molar-refractivity contribution in [1.82, 2.24) is 5.32 Å². The van der Waals surface area contributed by atoms with Gasteiger partial charge in [-0.15, -0.1) is 0 Å². The van der Waals surface area contributed by atoms with Gasteiger partial charge in [0.05, 0.1) is 38.7 Å². The van der Waals surface area contributed by atoms with Crippen molar-refractivity contribution >= 4 is 45.1 Å². The van der Waals surface area contributed by atoms with Gasteiger partial charge in [-0.25, -0.2) is 0 Å². The summed E-state index contributed by atoms with van der Waals surface area (Å²) in [5, 5.41) is 10.3. The van der Waals surface area contributed by atoms with Crippen LogP contribution in [0.25, 0.3) is 21.9 Å². The number of furan rings is 1. The summed E-state index contributed by atoms with van der Waals surface area (Å²) >= 11 is 0. The highest BCUT2D eigenvalue weighted by Gasteiger charge is 2.14. The summed E-state index contributed by atoms with van der Waals surface area (Å²) in [6.45, 7) is 1.71. The van der Waals surface area contributed by atoms with Gasteiger partial charge in [-0.1, -0.05) is 24.3 Å². The molecule has 3 N–H and O–H groups in total. The fraction of sp³-hybridized carbons (Fsp3) is 0.200. The summed E-state index contributed by atoms with van der Waals surface area (Å²) in [5.41, 5.74) is 3.62. The third kappa shape index (κ3) is 4.85. The Morgan fingerprint density at radius 3 is 2.39 bits per heavy atom. The molecule has 33 heavy (non-hydrogen) atoms. The first-order valence-electron chi connectivity index (χ1n) is 10.4. The largest absolute Gasteiger partial charge is 0.495 e. The number of hydrogen-bond acceptors (Lipinski definition) is 6. The number of carbonyl (C=O) groups is 2. The van der Waals surface area contributed by atoms with Gasteiger partial charge in [0, 0.05) is 16.8 Å². The van der Waals surface area contributed by atoms with Crippen molar-refractivity contribution in [2.24, 2.45) is 0 Å². The Morgan fingerprint density at radius 2 is 1.61 bits per heavy atom. The lowest BCUT2D eigenvalue weighted by atomic mass is 10.1. The van der Waals surface area contributed by atoms with Gasteiger partial charge >= 0.3 is 0 Å². The average Bonchev–Trinajstić information content (AvgIpc) is 3.18. The molecule has 0 aliphatic heterocycles. The second-order valence-corrected chi connectivity index (χ2v) is 7.53. The third-order valence-corrected chi connectivity index (χ3v) is 5.21. The number of fused-ring (bicyclic) bond motifs is 3. The van der Waals surface area contributed by atoms with E-state index < -0.39 is 0 Å². The average molecular weight is 447 g/mol. The molecule has 4 rings (SSSR count). The minimum Gasteiger partial charge on any atom is -0.495 e. The maximum Gasteiger partial charge on any atom is 0.243 e. The summed E-state index contributed by atoms with van der Waals surface area (Å²) in [5.74, 6) is 0.447. The van der Waals surface area contributed by atoms with Crippen LogP contribution in [0, 0.1) is 6.92 Å². The van der Waals surface area contributed by atoms with Crippen LogP contribution < -0.4 is 25.4 Å². The molecule has 0 saturated carbocycles. The first-order chi connectivity index (χ1) is 16.0. The molecule has 0 aliphatic carbocycles. The highest BCUT2D eigenvalue weighted by Crippen LogP contribution is 2.36. The molecule has 1 aromatic heterocycles. The van der Waals surface area contributed by atoms with E-state index in [0.717, 1.165) is 21.9 Å². The van der Waals surface area contributed by atoms with E-state index in [9.17, 15) is 9.59 Å². The van der Waals surface area contributed by atoms with Gasteiger partial charge in [0.2, 0.25) is 11.8 Å². The smallest absolute Gasteiger partial charge is 0.243 e. The van der Waals surface area contributed by atoms with Crippen LogP contribution in [0.4, 0.5) is 11.4 Å². The number of ether oxygens (including phenoxy) is 2. The first-order valence-corrected chi connectivity index (χ1v) is 10.4. The molecule has 170 valence electrons. The van der Waals surface area contributed by atoms with Gasteiger partial charge in [0.15, 0.2) is 0 Å². The second kappa shape index (κ2) is 9.52. The van der Waals surface area contributed by atoms with E-state index >= 15 is 0 Å². The quantitative estimate of drug-likeness (QED) is 0.376. The maximum atomic E-state index is 12.3. The number of anilines is 2. The molecular formula is C25H25N3O5. The van der Waals surface area contributed by atoms with Gasteiger partial charge in [0.25, 0.3) is 0 Å². The summed E-state index contributed by atoms with van der Waals surface area (Å²) in [7, 11) is 3.10. The number of nitrogens with one attached hydrogen (secondary N) is 3. The van der Waals surface area contributed by atoms with Crippen LogP contribution in [0.1, 0.15) is 5.56 Å². The van der Waals surface area contributed by atoms with Crippen LogP contribution >= 0.6 is 0 Å². The molecule has 0 unspecified atom stereocenters. The van der Waals surface area contributed by atoms with Gasteiger partial charge in [0.1, 0.15) is 22.7 Å². The number of amides is 2. The van der Waals surface area contributed by atoms with Crippen molar-refractivity contribution < 1.29 is 23.5 Å². The summed E-state index contributed by atoms with van der Waals surface area (Å²) in [6.07, 6.45) is 0. The fourth-order valence-corrected chi connectivity index (χ4v) is 3.59. The third-order valence-electron chi connectivity index (χ3n) is 5.21. The predicted octanol–water partition coefficient (Wildman–Crippen LogP) is 4.08. The predicted molar refractivity (Wildman–Crippen MR) is 128 cm³/mol. The van der Waals surface area contributed by atoms with Crippen molar-refractivity contribution in [2.45, 2.75) is 6.92 Å². The molecule has 0 radical (unpaired) electrons. The Kier molecular flexibility index (Phi) is 6.35. The van der Waals surface area contributed by atoms with Crippen LogP contribution in [0.15, 0.2) is 59.0 Å². The van der Waals surface area contributed by atoms with E-state index in [1.807, 2.05) is 43.3 Å². The lowest BCUT2D eigenvalue weighted by Crippen LogP contribution is -2.36. The zero-order chi connectivity index (χ0) is 23.4. The van der Waals surface area contributed by atoms with Crippen LogP contribution in [0.2, 0.25) is 0 Å². The molecule has 8 heteroatoms. The van der Waals surface area contributed by atoms with Crippen molar-refractivity contribution in [2.75, 3.05) is 37.9 Å². The molecule has 3 aromatic carbocycles. The maximum absolute atomic E-state index is 12.3. The summed E-state index contributed by atoms with van der Waals surface area (Å²) in [4.78, 5) is 24.6. The zero-order valence-corrected chi connectivity index (χ0v) is 18.7. The molecule has 2 amide bonds. The lowest BCUT2D eigenvalue weighted by molar-refractivity contribution is -0.122. The number of carbonyl (C=O) groups excluding carboxylic acids is 2. The van der Waals surface area contributed by atoms with Crippen LogP contribution in [0.3, 0.4) is 0 Å². The van der Waals surface area contributed by atoms with Crippen molar-refractivity contribution in [1.29, 1.82) is 0 Å². The van der Waals surface area contributed by atoms with E-state index in [-0.39, 0.29) is 24.9 Å². The van der Waals surface area contributed by atoms with E-state index in [2.05, 4.69) is 16.0 Å². The zero-order valence-electron chi connectivity index (χ0n) is 18.7. The minimum atomic E-state index is -0.353. The van der Waals surface area contributed by atoms with Crippen molar-refractivity contribution in [3.05, 3.63) is 60.2 Å². The molecule has 0 fully saturated rings. The Bertz CT molecular complexity index is 1330. The van der Waals surface area contributed by atoms with Crippen LogP contribution in [-0.2, 0) is 9.59 Å². The molecule has 4 aromatic rings. The molecule has 8 nitrogen and oxygen atoms in total. The first kappa shape index (κ1) is 22.0. The molecule has 0 saturated heterocycles. The number of rotatable bonds is 8. The molecule has 0 atom stereocenters. The Balaban J connectivity index is 1.37. The minimum absolute atomic E-state index is 0.0386. The standard InChI is InChI=1S/C25H25N3O5/c1-15-8-9-21(31-2)19(10-15)28-25(30)14-27-24(29)13-26-18-12-22-17(11-23(18)32-3)16-6-4-5-7-20(16)33-22/h4-12,26H,13-14H2,1-3H3,(H,27,29)(H,28,30). The normalized spacial score (nSPS) is 10.8. The highest BCUT2D eigenvalue weighted by molar-refractivity contribution is 6.06. The fourth-order valence-electron chi connectivity index (χ4n) is 3.59. The van der Waals surface area contributed by atoms with E-state index in [4.69, 9.17) is 13.9 Å². The van der Waals surface area contributed by atoms with Crippen LogP contribution in [0.5, 0.6) is 11.5 Å². The van der Waals surface area contributed by atoms with E-state index in [1.165, 1.54) is 7.11 Å². The van der Waals surface area contributed by atoms with Gasteiger partial charge < -0.3 is 29.8 Å². The topological polar surface area (TPSA) is 102 Å². The Morgan fingerprint density at radius 1 is 0.818 bits per heavy atom. The number of para-hydroxylation sites is 1. The summed E-state index contributed by atoms with van der Waals surface area (Å²) in [6, 6.07) is 16.9. The SMILES string of the molecule is COc1cc2c(cc1NCC(=O)NCC(=O)Nc1cc(C)ccc1OC)oc1ccccc12. The monoisotopic (exact) mass is 447 g/mol. The molecule has 1 heterocycles. The Hall–Kier alpha value is -4.20. The van der Waals surface area contributed by atoms with E-state index in [1.54, 1.807) is 25.3 Å². The molecule has 0 aliphatic rings. The highest BCUT2D eigenvalue weighted by atomic mass is 16.5. The molecular weight excluding hydrogens is 422 g/mol. The van der Waals surface area contributed by atoms with Crippen molar-refractivity contribution in [3.8, 4) is 11.5 Å². The summed E-state index contributed by atoms with van der Waals surface area (Å²) < 4.78 is 16.6. The number of aryl methyl sites for hydroxylation is 1. The van der Waals surface area contributed by atoms with Gasteiger partial charge in [-0.3, -0.25) is 9.59 Å². The van der Waals surface area contributed by atoms with Crippen LogP contribution in [-0.4, -0.2) is 39.1 Å². The Labute approximate surface area is 190 Å². The number of methoxy groups -OCH3 is 2. The molecule has 0 spiro atoms. The number of hydrogen-bond donors (Lipinski definition) is 3. The van der Waals surface area contributed by atoms with Gasteiger partial charge in [-0.2, -0.15) is 0 Å².